The van der Waals surface area contributed by atoms with Crippen LogP contribution in [0.3, 0.4) is 0 Å². The van der Waals surface area contributed by atoms with Crippen LogP contribution in [0.4, 0.5) is 11.4 Å². The first kappa shape index (κ1) is 27.2. The number of carbonyl (C=O) groups is 3. The van der Waals surface area contributed by atoms with E-state index in [-0.39, 0.29) is 23.6 Å². The number of nitrogens with two attached hydrogens (primary N) is 1. The third-order valence-electron chi connectivity index (χ3n) is 6.87. The van der Waals surface area contributed by atoms with Crippen molar-refractivity contribution >= 4 is 29.0 Å². The summed E-state index contributed by atoms with van der Waals surface area (Å²) in [7, 11) is 0. The second-order valence-corrected chi connectivity index (χ2v) is 9.47. The molecule has 4 rings (SSSR count). The van der Waals surface area contributed by atoms with Gasteiger partial charge < -0.3 is 25.3 Å². The average Bonchev–Trinajstić information content (AvgIpc) is 2.89. The Bertz CT molecular complexity index is 1020. The van der Waals surface area contributed by atoms with Crippen molar-refractivity contribution in [3.63, 3.8) is 0 Å². The van der Waals surface area contributed by atoms with Crippen molar-refractivity contribution in [2.24, 2.45) is 5.73 Å². The van der Waals surface area contributed by atoms with E-state index < -0.39 is 0 Å². The number of nitrogens with zero attached hydrogens (tertiary/aromatic N) is 4. The minimum atomic E-state index is 0.0774. The zero-order chi connectivity index (χ0) is 26.2. The van der Waals surface area contributed by atoms with Crippen LogP contribution in [-0.2, 0) is 9.59 Å². The van der Waals surface area contributed by atoms with Gasteiger partial charge >= 0.3 is 0 Å². The minimum absolute atomic E-state index is 0.0774. The fourth-order valence-corrected chi connectivity index (χ4v) is 4.45. The van der Waals surface area contributed by atoms with Gasteiger partial charge in [0.2, 0.25) is 11.8 Å². The summed E-state index contributed by atoms with van der Waals surface area (Å²) in [4.78, 5) is 42.0. The maximum atomic E-state index is 11.3. The third-order valence-corrected chi connectivity index (χ3v) is 6.87. The summed E-state index contributed by atoms with van der Waals surface area (Å²) in [6, 6.07) is 16.1. The standard InChI is InChI=1S/C14H21N3O.C14H18N2O2/c1-11(15)13-3-5-14(6-4-13)17-9-7-16(8-10-17)12(2)18;1-11(17)13-3-5-14(6-4-13)16-9-7-15(8-10-16)12(2)18/h3-6,11H,7-10,15H2,1-2H3;3-6H,7-10H2,1-2H3. The lowest BCUT2D eigenvalue weighted by Gasteiger charge is -2.35. The molecule has 194 valence electrons. The van der Waals surface area contributed by atoms with Crippen LogP contribution in [0.15, 0.2) is 48.5 Å². The maximum absolute atomic E-state index is 11.3. The number of amides is 2. The first-order valence-electron chi connectivity index (χ1n) is 12.6. The summed E-state index contributed by atoms with van der Waals surface area (Å²) in [6.45, 7) is 13.4. The molecular weight excluding hydrogens is 454 g/mol. The highest BCUT2D eigenvalue weighted by Crippen LogP contribution is 2.20. The van der Waals surface area contributed by atoms with Gasteiger partial charge in [0.25, 0.3) is 0 Å². The number of anilines is 2. The molecule has 0 aromatic heterocycles. The van der Waals surface area contributed by atoms with Crippen LogP contribution in [0.25, 0.3) is 0 Å². The fraction of sp³-hybridized carbons (Fsp3) is 0.464. The summed E-state index contributed by atoms with van der Waals surface area (Å²) in [6.07, 6.45) is 0. The summed E-state index contributed by atoms with van der Waals surface area (Å²) in [5.41, 5.74) is 10.1. The van der Waals surface area contributed by atoms with E-state index in [1.54, 1.807) is 20.8 Å². The lowest BCUT2D eigenvalue weighted by Crippen LogP contribution is -2.48. The molecule has 2 N–H and O–H groups in total. The number of carbonyl (C=O) groups excluding carboxylic acids is 3. The Kier molecular flexibility index (Phi) is 9.47. The number of hydrogen-bond donors (Lipinski definition) is 1. The van der Waals surface area contributed by atoms with Crippen molar-refractivity contribution in [2.45, 2.75) is 33.7 Å². The minimum Gasteiger partial charge on any atom is -0.368 e. The maximum Gasteiger partial charge on any atom is 0.219 e. The van der Waals surface area contributed by atoms with Gasteiger partial charge in [-0.3, -0.25) is 14.4 Å². The smallest absolute Gasteiger partial charge is 0.219 e. The molecule has 1 unspecified atom stereocenters. The van der Waals surface area contributed by atoms with E-state index in [4.69, 9.17) is 5.73 Å². The Balaban J connectivity index is 0.000000201. The van der Waals surface area contributed by atoms with Gasteiger partial charge in [0.05, 0.1) is 0 Å². The summed E-state index contributed by atoms with van der Waals surface area (Å²) in [5.74, 6) is 0.395. The predicted octanol–water partition coefficient (Wildman–Crippen LogP) is 2.93. The Morgan fingerprint density at radius 2 is 1.00 bits per heavy atom. The van der Waals surface area contributed by atoms with Crippen LogP contribution in [0, 0.1) is 0 Å². The average molecular weight is 494 g/mol. The SMILES string of the molecule is CC(=O)N1CCN(c2ccc(C(C)N)cc2)CC1.CC(=O)c1ccc(N2CCN(C(C)=O)CC2)cc1. The summed E-state index contributed by atoms with van der Waals surface area (Å²) in [5, 5.41) is 0. The summed E-state index contributed by atoms with van der Waals surface area (Å²) < 4.78 is 0. The molecule has 0 spiro atoms. The molecule has 8 nitrogen and oxygen atoms in total. The van der Waals surface area contributed by atoms with Crippen molar-refractivity contribution < 1.29 is 14.4 Å². The van der Waals surface area contributed by atoms with E-state index in [1.165, 1.54) is 5.69 Å². The predicted molar refractivity (Wildman–Crippen MR) is 144 cm³/mol. The van der Waals surface area contributed by atoms with Crippen molar-refractivity contribution in [3.05, 3.63) is 59.7 Å². The monoisotopic (exact) mass is 493 g/mol. The number of hydrogen-bond acceptors (Lipinski definition) is 6. The molecule has 36 heavy (non-hydrogen) atoms. The number of Topliss-reactive ketones (excluding diaryl/α,β-unsaturated/α-hetero) is 1. The van der Waals surface area contributed by atoms with Gasteiger partial charge in [0.15, 0.2) is 5.78 Å². The van der Waals surface area contributed by atoms with Crippen LogP contribution in [0.2, 0.25) is 0 Å². The zero-order valence-corrected chi connectivity index (χ0v) is 21.9. The number of ketones is 1. The first-order valence-corrected chi connectivity index (χ1v) is 12.6. The van der Waals surface area contributed by atoms with Gasteiger partial charge in [-0.1, -0.05) is 12.1 Å². The van der Waals surface area contributed by atoms with E-state index in [2.05, 4.69) is 34.1 Å². The van der Waals surface area contributed by atoms with Gasteiger partial charge in [-0.05, 0) is 55.8 Å². The van der Waals surface area contributed by atoms with Gasteiger partial charge in [0.1, 0.15) is 0 Å². The normalized spacial score (nSPS) is 16.7. The molecule has 2 heterocycles. The van der Waals surface area contributed by atoms with Crippen LogP contribution < -0.4 is 15.5 Å². The Hall–Kier alpha value is -3.39. The topological polar surface area (TPSA) is 90.2 Å². The lowest BCUT2D eigenvalue weighted by atomic mass is 10.1. The highest BCUT2D eigenvalue weighted by atomic mass is 16.2. The molecule has 2 aromatic carbocycles. The van der Waals surface area contributed by atoms with E-state index >= 15 is 0 Å². The Morgan fingerprint density at radius 3 is 1.31 bits per heavy atom. The van der Waals surface area contributed by atoms with Gasteiger partial charge in [-0.15, -0.1) is 0 Å². The third kappa shape index (κ3) is 7.31. The Morgan fingerprint density at radius 1 is 0.639 bits per heavy atom. The van der Waals surface area contributed by atoms with Gasteiger partial charge in [-0.25, -0.2) is 0 Å². The summed E-state index contributed by atoms with van der Waals surface area (Å²) >= 11 is 0. The second kappa shape index (κ2) is 12.5. The van der Waals surface area contributed by atoms with Crippen LogP contribution in [0.1, 0.15) is 49.7 Å². The molecule has 0 bridgehead atoms. The zero-order valence-electron chi connectivity index (χ0n) is 21.9. The van der Waals surface area contributed by atoms with Crippen molar-refractivity contribution in [1.82, 2.24) is 9.80 Å². The highest BCUT2D eigenvalue weighted by molar-refractivity contribution is 5.94. The molecule has 2 aliphatic heterocycles. The van der Waals surface area contributed by atoms with Crippen molar-refractivity contribution in [1.29, 1.82) is 0 Å². The Labute approximate surface area is 214 Å². The molecule has 2 fully saturated rings. The lowest BCUT2D eigenvalue weighted by molar-refractivity contribution is -0.129. The highest BCUT2D eigenvalue weighted by Gasteiger charge is 2.19. The molecule has 8 heteroatoms. The quantitative estimate of drug-likeness (QED) is 0.659. The molecule has 0 aliphatic carbocycles. The van der Waals surface area contributed by atoms with Crippen LogP contribution in [0.5, 0.6) is 0 Å². The van der Waals surface area contributed by atoms with Gasteiger partial charge in [0, 0.05) is 89.2 Å². The van der Waals surface area contributed by atoms with E-state index in [9.17, 15) is 14.4 Å². The number of benzene rings is 2. The molecule has 1 atom stereocenters. The molecule has 2 aromatic rings. The molecule has 0 saturated carbocycles. The van der Waals surface area contributed by atoms with E-state index in [0.717, 1.165) is 69.2 Å². The van der Waals surface area contributed by atoms with Crippen molar-refractivity contribution in [2.75, 3.05) is 62.2 Å². The van der Waals surface area contributed by atoms with Crippen molar-refractivity contribution in [3.8, 4) is 0 Å². The fourth-order valence-electron chi connectivity index (χ4n) is 4.45. The second-order valence-electron chi connectivity index (χ2n) is 9.47. The van der Waals surface area contributed by atoms with Crippen LogP contribution in [-0.4, -0.2) is 79.8 Å². The van der Waals surface area contributed by atoms with E-state index in [0.29, 0.717) is 0 Å². The number of piperazine rings is 2. The molecule has 2 saturated heterocycles. The van der Waals surface area contributed by atoms with Gasteiger partial charge in [-0.2, -0.15) is 0 Å². The molecule has 0 radical (unpaired) electrons. The number of rotatable bonds is 4. The van der Waals surface area contributed by atoms with E-state index in [1.807, 2.05) is 41.0 Å². The van der Waals surface area contributed by atoms with Crippen LogP contribution >= 0.6 is 0 Å². The molecule has 2 amide bonds. The molecule has 2 aliphatic rings. The first-order chi connectivity index (χ1) is 17.2. The molecular formula is C28H39N5O3. The largest absolute Gasteiger partial charge is 0.368 e.